The van der Waals surface area contributed by atoms with Crippen molar-refractivity contribution in [1.29, 1.82) is 0 Å². The SMILES string of the molecule is CN(C)c1ccc(N=C2C(=O)N(c3ccccc3)N=C2c2ccccc2)cc1. The molecule has 0 saturated carbocycles. The monoisotopic (exact) mass is 368 g/mol. The molecule has 3 aromatic carbocycles. The maximum absolute atomic E-state index is 13.1. The minimum atomic E-state index is -0.235. The highest BCUT2D eigenvalue weighted by molar-refractivity contribution is 6.74. The van der Waals surface area contributed by atoms with Crippen LogP contribution in [-0.4, -0.2) is 31.4 Å². The van der Waals surface area contributed by atoms with E-state index in [0.29, 0.717) is 22.8 Å². The van der Waals surface area contributed by atoms with E-state index in [1.54, 1.807) is 0 Å². The number of carbonyl (C=O) groups is 1. The van der Waals surface area contributed by atoms with Crippen molar-refractivity contribution in [3.63, 3.8) is 0 Å². The van der Waals surface area contributed by atoms with Crippen LogP contribution in [0, 0.1) is 0 Å². The molecule has 5 heteroatoms. The first kappa shape index (κ1) is 17.7. The lowest BCUT2D eigenvalue weighted by atomic mass is 10.1. The first-order chi connectivity index (χ1) is 13.6. The number of benzene rings is 3. The molecule has 0 N–H and O–H groups in total. The highest BCUT2D eigenvalue weighted by Gasteiger charge is 2.33. The van der Waals surface area contributed by atoms with Crippen LogP contribution in [0.3, 0.4) is 0 Å². The summed E-state index contributed by atoms with van der Waals surface area (Å²) in [6.07, 6.45) is 0. The molecule has 0 unspecified atom stereocenters. The van der Waals surface area contributed by atoms with Gasteiger partial charge in [0, 0.05) is 25.3 Å². The summed E-state index contributed by atoms with van der Waals surface area (Å²) in [6, 6.07) is 26.8. The summed E-state index contributed by atoms with van der Waals surface area (Å²) in [5.74, 6) is -0.235. The Morgan fingerprint density at radius 1 is 0.821 bits per heavy atom. The Kier molecular flexibility index (Phi) is 4.72. The largest absolute Gasteiger partial charge is 0.378 e. The quantitative estimate of drug-likeness (QED) is 0.690. The molecule has 4 rings (SSSR count). The normalized spacial score (nSPS) is 15.1. The predicted molar refractivity (Wildman–Crippen MR) is 115 cm³/mol. The zero-order valence-corrected chi connectivity index (χ0v) is 15.8. The number of hydrogen-bond acceptors (Lipinski definition) is 4. The summed E-state index contributed by atoms with van der Waals surface area (Å²) in [7, 11) is 3.97. The van der Waals surface area contributed by atoms with E-state index < -0.39 is 0 Å². The Labute approximate surface area is 164 Å². The molecule has 0 saturated heterocycles. The molecular weight excluding hydrogens is 348 g/mol. The second-order valence-electron chi connectivity index (χ2n) is 6.64. The minimum Gasteiger partial charge on any atom is -0.378 e. The van der Waals surface area contributed by atoms with Gasteiger partial charge in [0.2, 0.25) is 0 Å². The molecule has 5 nitrogen and oxygen atoms in total. The van der Waals surface area contributed by atoms with E-state index in [1.807, 2.05) is 104 Å². The molecule has 1 amide bonds. The van der Waals surface area contributed by atoms with Gasteiger partial charge in [-0.15, -0.1) is 0 Å². The van der Waals surface area contributed by atoms with Gasteiger partial charge in [-0.3, -0.25) is 4.79 Å². The topological polar surface area (TPSA) is 48.3 Å². The van der Waals surface area contributed by atoms with Crippen molar-refractivity contribution in [3.05, 3.63) is 90.5 Å². The van der Waals surface area contributed by atoms with E-state index in [-0.39, 0.29) is 5.91 Å². The highest BCUT2D eigenvalue weighted by atomic mass is 16.2. The number of rotatable bonds is 4. The zero-order chi connectivity index (χ0) is 19.5. The lowest BCUT2D eigenvalue weighted by molar-refractivity contribution is -0.112. The number of nitrogens with zero attached hydrogens (tertiary/aromatic N) is 4. The van der Waals surface area contributed by atoms with Gasteiger partial charge in [-0.05, 0) is 36.4 Å². The summed E-state index contributed by atoms with van der Waals surface area (Å²) in [6.45, 7) is 0. The van der Waals surface area contributed by atoms with Crippen LogP contribution in [0.4, 0.5) is 17.1 Å². The lowest BCUT2D eigenvalue weighted by Gasteiger charge is -2.12. The number of hydrazone groups is 1. The van der Waals surface area contributed by atoms with Gasteiger partial charge in [0.1, 0.15) is 5.71 Å². The van der Waals surface area contributed by atoms with E-state index in [4.69, 9.17) is 0 Å². The average molecular weight is 368 g/mol. The first-order valence-corrected chi connectivity index (χ1v) is 9.03. The molecule has 0 spiro atoms. The smallest absolute Gasteiger partial charge is 0.299 e. The number of carbonyl (C=O) groups excluding carboxylic acids is 1. The molecule has 138 valence electrons. The molecule has 28 heavy (non-hydrogen) atoms. The number of hydrogen-bond donors (Lipinski definition) is 0. The Morgan fingerprint density at radius 3 is 2.04 bits per heavy atom. The zero-order valence-electron chi connectivity index (χ0n) is 15.8. The van der Waals surface area contributed by atoms with E-state index >= 15 is 0 Å². The number of anilines is 2. The molecule has 0 fully saturated rings. The van der Waals surface area contributed by atoms with Crippen LogP contribution in [0.5, 0.6) is 0 Å². The molecular formula is C23H20N4O. The van der Waals surface area contributed by atoms with Gasteiger partial charge >= 0.3 is 0 Å². The number of aliphatic imine (C=N–C) groups is 1. The summed E-state index contributed by atoms with van der Waals surface area (Å²) in [4.78, 5) is 19.8. The van der Waals surface area contributed by atoms with Crippen molar-refractivity contribution in [2.75, 3.05) is 24.0 Å². The van der Waals surface area contributed by atoms with Crippen molar-refractivity contribution in [3.8, 4) is 0 Å². The average Bonchev–Trinajstić information content (AvgIpc) is 3.06. The molecule has 1 aliphatic heterocycles. The first-order valence-electron chi connectivity index (χ1n) is 9.03. The summed E-state index contributed by atoms with van der Waals surface area (Å²) < 4.78 is 0. The van der Waals surface area contributed by atoms with Gasteiger partial charge < -0.3 is 4.90 Å². The summed E-state index contributed by atoms with van der Waals surface area (Å²) in [5, 5.41) is 6.01. The molecule has 1 aliphatic rings. The van der Waals surface area contributed by atoms with Gasteiger partial charge in [0.05, 0.1) is 11.4 Å². The van der Waals surface area contributed by atoms with E-state index in [0.717, 1.165) is 11.3 Å². The second-order valence-corrected chi connectivity index (χ2v) is 6.64. The predicted octanol–water partition coefficient (Wildman–Crippen LogP) is 4.28. The fraction of sp³-hybridized carbons (Fsp3) is 0.0870. The summed E-state index contributed by atoms with van der Waals surface area (Å²) >= 11 is 0. The highest BCUT2D eigenvalue weighted by Crippen LogP contribution is 2.25. The number of para-hydroxylation sites is 1. The van der Waals surface area contributed by atoms with Crippen molar-refractivity contribution in [2.24, 2.45) is 10.1 Å². The van der Waals surface area contributed by atoms with Crippen molar-refractivity contribution < 1.29 is 4.79 Å². The van der Waals surface area contributed by atoms with E-state index in [2.05, 4.69) is 10.1 Å². The Hall–Kier alpha value is -3.73. The van der Waals surface area contributed by atoms with Crippen LogP contribution in [0.2, 0.25) is 0 Å². The van der Waals surface area contributed by atoms with Crippen LogP contribution in [0.15, 0.2) is 95.0 Å². The van der Waals surface area contributed by atoms with Gasteiger partial charge in [0.15, 0.2) is 5.71 Å². The number of amides is 1. The van der Waals surface area contributed by atoms with Gasteiger partial charge in [0.25, 0.3) is 5.91 Å². The lowest BCUT2D eigenvalue weighted by Crippen LogP contribution is -2.27. The maximum atomic E-state index is 13.1. The minimum absolute atomic E-state index is 0.235. The van der Waals surface area contributed by atoms with Crippen molar-refractivity contribution >= 4 is 34.4 Å². The molecule has 0 bridgehead atoms. The summed E-state index contributed by atoms with van der Waals surface area (Å²) in [5.41, 5.74) is 4.28. The third-order valence-corrected chi connectivity index (χ3v) is 4.47. The third kappa shape index (κ3) is 3.42. The molecule has 1 heterocycles. The Morgan fingerprint density at radius 2 is 1.43 bits per heavy atom. The third-order valence-electron chi connectivity index (χ3n) is 4.47. The molecule has 3 aromatic rings. The van der Waals surface area contributed by atoms with Crippen LogP contribution < -0.4 is 9.91 Å². The van der Waals surface area contributed by atoms with Crippen molar-refractivity contribution in [2.45, 2.75) is 0 Å². The fourth-order valence-corrected chi connectivity index (χ4v) is 2.98. The molecule has 0 atom stereocenters. The standard InChI is InChI=1S/C23H20N4O/c1-26(2)19-15-13-18(14-16-19)24-22-21(17-9-5-3-6-10-17)25-27(23(22)28)20-11-7-4-8-12-20/h3-16H,1-2H3. The van der Waals surface area contributed by atoms with Crippen molar-refractivity contribution in [1.82, 2.24) is 0 Å². The fourth-order valence-electron chi connectivity index (χ4n) is 2.98. The van der Waals surface area contributed by atoms with E-state index in [9.17, 15) is 4.79 Å². The van der Waals surface area contributed by atoms with Crippen LogP contribution in [-0.2, 0) is 4.79 Å². The van der Waals surface area contributed by atoms with Crippen LogP contribution in [0.1, 0.15) is 5.56 Å². The second kappa shape index (κ2) is 7.48. The van der Waals surface area contributed by atoms with Crippen LogP contribution >= 0.6 is 0 Å². The molecule has 0 aromatic heterocycles. The van der Waals surface area contributed by atoms with E-state index in [1.165, 1.54) is 5.01 Å². The molecule has 0 radical (unpaired) electrons. The van der Waals surface area contributed by atoms with Crippen LogP contribution in [0.25, 0.3) is 0 Å². The maximum Gasteiger partial charge on any atom is 0.299 e. The Balaban J connectivity index is 1.77. The van der Waals surface area contributed by atoms with Gasteiger partial charge in [-0.1, -0.05) is 48.5 Å². The Bertz CT molecular complexity index is 1040. The molecule has 0 aliphatic carbocycles. The van der Waals surface area contributed by atoms with Gasteiger partial charge in [-0.25, -0.2) is 4.99 Å². The van der Waals surface area contributed by atoms with Gasteiger partial charge in [-0.2, -0.15) is 10.1 Å².